The summed E-state index contributed by atoms with van der Waals surface area (Å²) in [5, 5.41) is 3.98. The van der Waals surface area contributed by atoms with E-state index in [1.807, 2.05) is 19.1 Å². The number of hydrogen-bond donors (Lipinski definition) is 1. The summed E-state index contributed by atoms with van der Waals surface area (Å²) in [5.41, 5.74) is 3.36. The van der Waals surface area contributed by atoms with Gasteiger partial charge in [0.2, 0.25) is 5.91 Å². The third-order valence-corrected chi connectivity index (χ3v) is 5.10. The first-order chi connectivity index (χ1) is 10.6. The van der Waals surface area contributed by atoms with Crippen LogP contribution in [0.15, 0.2) is 24.3 Å². The highest BCUT2D eigenvalue weighted by Gasteiger charge is 2.23. The highest BCUT2D eigenvalue weighted by Crippen LogP contribution is 2.30. The lowest BCUT2D eigenvalue weighted by atomic mass is 10.1. The predicted octanol–water partition coefficient (Wildman–Crippen LogP) is 3.22. The molecule has 5 heteroatoms. The second kappa shape index (κ2) is 6.58. The molecule has 1 saturated heterocycles. The number of thiazole rings is 1. The minimum absolute atomic E-state index is 0.0114. The first-order valence-corrected chi connectivity index (χ1v) is 8.38. The maximum absolute atomic E-state index is 12.0. The summed E-state index contributed by atoms with van der Waals surface area (Å²) in [4.78, 5) is 17.8. The number of ether oxygens (including phenoxy) is 1. The van der Waals surface area contributed by atoms with Crippen molar-refractivity contribution in [3.05, 3.63) is 40.4 Å². The zero-order valence-electron chi connectivity index (χ0n) is 12.9. The van der Waals surface area contributed by atoms with Gasteiger partial charge in [-0.25, -0.2) is 4.98 Å². The van der Waals surface area contributed by atoms with Gasteiger partial charge in [-0.05, 0) is 32.3 Å². The van der Waals surface area contributed by atoms with E-state index in [0.29, 0.717) is 13.2 Å². The Hall–Kier alpha value is -1.72. The van der Waals surface area contributed by atoms with E-state index in [4.69, 9.17) is 4.74 Å². The van der Waals surface area contributed by atoms with Crippen LogP contribution in [0.2, 0.25) is 0 Å². The van der Waals surface area contributed by atoms with E-state index in [-0.39, 0.29) is 12.0 Å². The molecule has 0 saturated carbocycles. The fourth-order valence-electron chi connectivity index (χ4n) is 2.59. The number of carbonyl (C=O) groups is 1. The van der Waals surface area contributed by atoms with Gasteiger partial charge in [-0.1, -0.05) is 24.3 Å². The van der Waals surface area contributed by atoms with E-state index in [1.54, 1.807) is 11.3 Å². The summed E-state index contributed by atoms with van der Waals surface area (Å²) in [7, 11) is 0. The van der Waals surface area contributed by atoms with Gasteiger partial charge in [0.15, 0.2) is 0 Å². The van der Waals surface area contributed by atoms with Crippen molar-refractivity contribution in [2.75, 3.05) is 6.61 Å². The van der Waals surface area contributed by atoms with Gasteiger partial charge in [0.05, 0.1) is 12.2 Å². The van der Waals surface area contributed by atoms with E-state index in [1.165, 1.54) is 5.56 Å². The lowest BCUT2D eigenvalue weighted by molar-refractivity contribution is -0.130. The van der Waals surface area contributed by atoms with Crippen LogP contribution in [0, 0.1) is 13.8 Å². The molecule has 0 spiro atoms. The van der Waals surface area contributed by atoms with E-state index in [0.717, 1.165) is 34.0 Å². The zero-order chi connectivity index (χ0) is 15.5. The number of aryl methyl sites for hydroxylation is 2. The Balaban J connectivity index is 1.70. The first-order valence-electron chi connectivity index (χ1n) is 7.57. The normalized spacial score (nSPS) is 17.6. The molecule has 1 aliphatic rings. The van der Waals surface area contributed by atoms with Gasteiger partial charge in [0.25, 0.3) is 0 Å². The van der Waals surface area contributed by atoms with Crippen molar-refractivity contribution in [1.82, 2.24) is 10.3 Å². The maximum Gasteiger partial charge on any atom is 0.249 e. The number of amides is 1. The monoisotopic (exact) mass is 316 g/mol. The average molecular weight is 316 g/mol. The molecular weight excluding hydrogens is 296 g/mol. The molecule has 0 bridgehead atoms. The standard InChI is InChI=1S/C17H20N2O2S/c1-11-6-3-4-7-13(11)17-19-12(2)15(22-17)10-18-16(20)14-8-5-9-21-14/h3-4,6-7,14H,5,8-10H2,1-2H3,(H,18,20). The number of benzene rings is 1. The van der Waals surface area contributed by atoms with E-state index in [9.17, 15) is 4.79 Å². The molecule has 1 aromatic carbocycles. The van der Waals surface area contributed by atoms with Crippen molar-refractivity contribution < 1.29 is 9.53 Å². The van der Waals surface area contributed by atoms with Crippen LogP contribution in [0.5, 0.6) is 0 Å². The second-order valence-corrected chi connectivity index (χ2v) is 6.65. The SMILES string of the molecule is Cc1ccccc1-c1nc(C)c(CNC(=O)C2CCCO2)s1. The van der Waals surface area contributed by atoms with Crippen LogP contribution in [0.1, 0.15) is 29.0 Å². The minimum Gasteiger partial charge on any atom is -0.368 e. The van der Waals surface area contributed by atoms with Gasteiger partial charge >= 0.3 is 0 Å². The van der Waals surface area contributed by atoms with Crippen LogP contribution in [-0.2, 0) is 16.1 Å². The molecule has 1 amide bonds. The first kappa shape index (κ1) is 15.2. The number of nitrogens with zero attached hydrogens (tertiary/aromatic N) is 1. The fourth-order valence-corrected chi connectivity index (χ4v) is 3.68. The Labute approximate surface area is 134 Å². The summed E-state index contributed by atoms with van der Waals surface area (Å²) in [6.45, 7) is 5.29. The van der Waals surface area contributed by atoms with Crippen molar-refractivity contribution in [3.8, 4) is 10.6 Å². The highest BCUT2D eigenvalue weighted by atomic mass is 32.1. The average Bonchev–Trinajstić information content (AvgIpc) is 3.15. The van der Waals surface area contributed by atoms with Gasteiger partial charge < -0.3 is 10.1 Å². The van der Waals surface area contributed by atoms with Gasteiger partial charge in [-0.2, -0.15) is 0 Å². The largest absolute Gasteiger partial charge is 0.368 e. The molecule has 22 heavy (non-hydrogen) atoms. The van der Waals surface area contributed by atoms with E-state index >= 15 is 0 Å². The van der Waals surface area contributed by atoms with Crippen LogP contribution in [-0.4, -0.2) is 23.6 Å². The fraction of sp³-hybridized carbons (Fsp3) is 0.412. The Morgan fingerprint density at radius 3 is 2.95 bits per heavy atom. The zero-order valence-corrected chi connectivity index (χ0v) is 13.7. The second-order valence-electron chi connectivity index (χ2n) is 5.56. The van der Waals surface area contributed by atoms with Crippen LogP contribution >= 0.6 is 11.3 Å². The Bertz CT molecular complexity index is 675. The van der Waals surface area contributed by atoms with Gasteiger partial charge in [0, 0.05) is 17.0 Å². The lowest BCUT2D eigenvalue weighted by Crippen LogP contribution is -2.33. The number of aromatic nitrogens is 1. The Morgan fingerprint density at radius 2 is 2.23 bits per heavy atom. The highest BCUT2D eigenvalue weighted by molar-refractivity contribution is 7.15. The van der Waals surface area contributed by atoms with Crippen molar-refractivity contribution in [2.45, 2.75) is 39.3 Å². The molecule has 2 aromatic rings. The lowest BCUT2D eigenvalue weighted by Gasteiger charge is -2.09. The van der Waals surface area contributed by atoms with E-state index < -0.39 is 0 Å². The molecular formula is C17H20N2O2S. The molecule has 0 radical (unpaired) electrons. The molecule has 0 aliphatic carbocycles. The van der Waals surface area contributed by atoms with Crippen LogP contribution < -0.4 is 5.32 Å². The Kier molecular flexibility index (Phi) is 4.55. The Morgan fingerprint density at radius 1 is 1.41 bits per heavy atom. The van der Waals surface area contributed by atoms with Crippen LogP contribution in [0.4, 0.5) is 0 Å². The molecule has 2 heterocycles. The van der Waals surface area contributed by atoms with Gasteiger partial charge in [0.1, 0.15) is 11.1 Å². The molecule has 4 nitrogen and oxygen atoms in total. The van der Waals surface area contributed by atoms with Gasteiger partial charge in [-0.3, -0.25) is 4.79 Å². The number of nitrogens with one attached hydrogen (secondary N) is 1. The molecule has 1 fully saturated rings. The van der Waals surface area contributed by atoms with E-state index in [2.05, 4.69) is 29.4 Å². The third kappa shape index (κ3) is 3.20. The number of hydrogen-bond acceptors (Lipinski definition) is 4. The summed E-state index contributed by atoms with van der Waals surface area (Å²) in [5.74, 6) is -0.0114. The summed E-state index contributed by atoms with van der Waals surface area (Å²) < 4.78 is 5.40. The molecule has 116 valence electrons. The number of rotatable bonds is 4. The van der Waals surface area contributed by atoms with Crippen LogP contribution in [0.3, 0.4) is 0 Å². The minimum atomic E-state index is -0.274. The maximum atomic E-state index is 12.0. The summed E-state index contributed by atoms with van der Waals surface area (Å²) in [6, 6.07) is 8.23. The quantitative estimate of drug-likeness (QED) is 0.942. The van der Waals surface area contributed by atoms with Crippen LogP contribution in [0.25, 0.3) is 10.6 Å². The molecule has 1 N–H and O–H groups in total. The number of carbonyl (C=O) groups excluding carboxylic acids is 1. The molecule has 1 aromatic heterocycles. The molecule has 1 aliphatic heterocycles. The summed E-state index contributed by atoms with van der Waals surface area (Å²) in [6.07, 6.45) is 1.51. The van der Waals surface area contributed by atoms with Crippen molar-refractivity contribution >= 4 is 17.2 Å². The molecule has 3 rings (SSSR count). The van der Waals surface area contributed by atoms with Crippen molar-refractivity contribution in [3.63, 3.8) is 0 Å². The topological polar surface area (TPSA) is 51.2 Å². The summed E-state index contributed by atoms with van der Waals surface area (Å²) >= 11 is 1.64. The van der Waals surface area contributed by atoms with Gasteiger partial charge in [-0.15, -0.1) is 11.3 Å². The van der Waals surface area contributed by atoms with Crippen molar-refractivity contribution in [1.29, 1.82) is 0 Å². The van der Waals surface area contributed by atoms with Crippen molar-refractivity contribution in [2.24, 2.45) is 0 Å². The molecule has 1 unspecified atom stereocenters. The molecule has 1 atom stereocenters. The predicted molar refractivity (Wildman–Crippen MR) is 87.8 cm³/mol. The third-order valence-electron chi connectivity index (χ3n) is 3.91. The smallest absolute Gasteiger partial charge is 0.249 e.